The van der Waals surface area contributed by atoms with Crippen LogP contribution in [0, 0.1) is 0 Å². The van der Waals surface area contributed by atoms with E-state index in [1.165, 1.54) is 4.88 Å². The summed E-state index contributed by atoms with van der Waals surface area (Å²) in [4.78, 5) is 1.31. The van der Waals surface area contributed by atoms with Gasteiger partial charge >= 0.3 is 0 Å². The highest BCUT2D eigenvalue weighted by Crippen LogP contribution is 2.31. The van der Waals surface area contributed by atoms with Crippen LogP contribution in [0.5, 0.6) is 0 Å². The Morgan fingerprint density at radius 1 is 1.05 bits per heavy atom. The highest BCUT2D eigenvalue weighted by molar-refractivity contribution is 7.09. The molecule has 108 valence electrons. The fourth-order valence-corrected chi connectivity index (χ4v) is 3.21. The van der Waals surface area contributed by atoms with Gasteiger partial charge in [0.1, 0.15) is 11.5 Å². The average Bonchev–Trinajstić information content (AvgIpc) is 3.10. The smallest absolute Gasteiger partial charge is 0.135 e. The topological polar surface area (TPSA) is 25.2 Å². The van der Waals surface area contributed by atoms with Gasteiger partial charge < -0.3 is 9.73 Å². The summed E-state index contributed by atoms with van der Waals surface area (Å²) in [6.45, 7) is 1.53. The lowest BCUT2D eigenvalue weighted by Gasteiger charge is -2.02. The third-order valence-corrected chi connectivity index (χ3v) is 4.46. The summed E-state index contributed by atoms with van der Waals surface area (Å²) < 4.78 is 5.82. The number of rotatable bonds is 5. The molecule has 0 amide bonds. The Labute approximate surface area is 137 Å². The minimum atomic E-state index is 0.593. The van der Waals surface area contributed by atoms with Gasteiger partial charge in [-0.25, -0.2) is 0 Å². The molecule has 3 rings (SSSR count). The van der Waals surface area contributed by atoms with Crippen molar-refractivity contribution in [1.29, 1.82) is 0 Å². The van der Waals surface area contributed by atoms with Crippen molar-refractivity contribution in [2.24, 2.45) is 0 Å². The first-order valence-corrected chi connectivity index (χ1v) is 8.13. The molecule has 0 fully saturated rings. The van der Waals surface area contributed by atoms with Gasteiger partial charge in [0.2, 0.25) is 0 Å². The van der Waals surface area contributed by atoms with Gasteiger partial charge in [0.15, 0.2) is 0 Å². The van der Waals surface area contributed by atoms with Crippen LogP contribution in [0.15, 0.2) is 52.3 Å². The Morgan fingerprint density at radius 2 is 1.95 bits per heavy atom. The summed E-state index contributed by atoms with van der Waals surface area (Å²) in [7, 11) is 0. The predicted molar refractivity (Wildman–Crippen MR) is 89.0 cm³/mol. The van der Waals surface area contributed by atoms with Crippen LogP contribution in [-0.2, 0) is 13.1 Å². The van der Waals surface area contributed by atoms with E-state index < -0.39 is 0 Å². The number of furan rings is 1. The number of hydrogen-bond acceptors (Lipinski definition) is 3. The summed E-state index contributed by atoms with van der Waals surface area (Å²) in [6.07, 6.45) is 0. The summed E-state index contributed by atoms with van der Waals surface area (Å²) in [6, 6.07) is 13.4. The molecule has 2 heterocycles. The molecule has 0 radical (unpaired) electrons. The first-order valence-electron chi connectivity index (χ1n) is 6.49. The molecule has 1 N–H and O–H groups in total. The Balaban J connectivity index is 1.65. The summed E-state index contributed by atoms with van der Waals surface area (Å²) in [5.74, 6) is 1.64. The van der Waals surface area contributed by atoms with Gasteiger partial charge in [-0.3, -0.25) is 0 Å². The number of nitrogens with one attached hydrogen (secondary N) is 1. The van der Waals surface area contributed by atoms with Crippen LogP contribution in [0.2, 0.25) is 10.0 Å². The predicted octanol–water partition coefficient (Wildman–Crippen LogP) is 5.60. The van der Waals surface area contributed by atoms with Gasteiger partial charge in [-0.2, -0.15) is 0 Å². The number of thiophene rings is 1. The lowest BCUT2D eigenvalue weighted by Crippen LogP contribution is -2.10. The van der Waals surface area contributed by atoms with E-state index in [0.717, 1.165) is 23.6 Å². The lowest BCUT2D eigenvalue weighted by molar-refractivity contribution is 0.494. The van der Waals surface area contributed by atoms with Crippen LogP contribution in [0.4, 0.5) is 0 Å². The lowest BCUT2D eigenvalue weighted by atomic mass is 10.2. The van der Waals surface area contributed by atoms with Crippen LogP contribution < -0.4 is 5.32 Å². The van der Waals surface area contributed by atoms with E-state index in [2.05, 4.69) is 22.8 Å². The highest BCUT2D eigenvalue weighted by Gasteiger charge is 2.09. The zero-order valence-corrected chi connectivity index (χ0v) is 13.4. The molecule has 0 unspecified atom stereocenters. The standard InChI is InChI=1S/C16H13Cl2NOS/c17-11-3-5-14(15(18)8-11)16-6-4-12(20-16)9-19-10-13-2-1-7-21-13/h1-8,19H,9-10H2. The molecule has 2 aromatic heterocycles. The molecule has 0 saturated carbocycles. The van der Waals surface area contributed by atoms with E-state index in [9.17, 15) is 0 Å². The van der Waals surface area contributed by atoms with Crippen molar-refractivity contribution in [1.82, 2.24) is 5.32 Å². The molecule has 5 heteroatoms. The van der Waals surface area contributed by atoms with Gasteiger partial charge in [0.25, 0.3) is 0 Å². The maximum atomic E-state index is 6.19. The molecule has 0 saturated heterocycles. The normalized spacial score (nSPS) is 11.0. The molecule has 0 aliphatic heterocycles. The molecule has 1 aromatic carbocycles. The van der Waals surface area contributed by atoms with Crippen LogP contribution in [-0.4, -0.2) is 0 Å². The van der Waals surface area contributed by atoms with Crippen molar-refractivity contribution in [3.05, 3.63) is 68.5 Å². The molecule has 0 aliphatic rings. The molecule has 21 heavy (non-hydrogen) atoms. The van der Waals surface area contributed by atoms with Crippen LogP contribution in [0.3, 0.4) is 0 Å². The number of benzene rings is 1. The number of halogens is 2. The maximum absolute atomic E-state index is 6.19. The van der Waals surface area contributed by atoms with Crippen molar-refractivity contribution in [2.45, 2.75) is 13.1 Å². The van der Waals surface area contributed by atoms with Crippen LogP contribution in [0.1, 0.15) is 10.6 Å². The Kier molecular flexibility index (Phi) is 4.66. The van der Waals surface area contributed by atoms with Crippen molar-refractivity contribution in [3.63, 3.8) is 0 Å². The molecular formula is C16H13Cl2NOS. The third-order valence-electron chi connectivity index (χ3n) is 3.04. The molecule has 3 aromatic rings. The van der Waals surface area contributed by atoms with Crippen LogP contribution in [0.25, 0.3) is 11.3 Å². The molecule has 0 spiro atoms. The average molecular weight is 338 g/mol. The molecule has 0 atom stereocenters. The minimum absolute atomic E-state index is 0.593. The van der Waals surface area contributed by atoms with Crippen molar-refractivity contribution >= 4 is 34.5 Å². The van der Waals surface area contributed by atoms with E-state index in [1.807, 2.05) is 18.2 Å². The first-order chi connectivity index (χ1) is 10.2. The van der Waals surface area contributed by atoms with Gasteiger partial charge in [-0.1, -0.05) is 29.3 Å². The van der Waals surface area contributed by atoms with Gasteiger partial charge in [0, 0.05) is 22.0 Å². The molecule has 0 aliphatic carbocycles. The van der Waals surface area contributed by atoms with Crippen molar-refractivity contribution in [2.75, 3.05) is 0 Å². The zero-order chi connectivity index (χ0) is 14.7. The van der Waals surface area contributed by atoms with Crippen molar-refractivity contribution in [3.8, 4) is 11.3 Å². The summed E-state index contributed by atoms with van der Waals surface area (Å²) in [5, 5.41) is 6.64. The van der Waals surface area contributed by atoms with E-state index in [1.54, 1.807) is 23.5 Å². The Hall–Kier alpha value is -1.26. The van der Waals surface area contributed by atoms with Crippen molar-refractivity contribution < 1.29 is 4.42 Å². The number of hydrogen-bond donors (Lipinski definition) is 1. The second-order valence-corrected chi connectivity index (χ2v) is 6.45. The molecule has 2 nitrogen and oxygen atoms in total. The first kappa shape index (κ1) is 14.7. The molecular weight excluding hydrogens is 325 g/mol. The fraction of sp³-hybridized carbons (Fsp3) is 0.125. The van der Waals surface area contributed by atoms with Gasteiger partial charge in [0.05, 0.1) is 11.6 Å². The minimum Gasteiger partial charge on any atom is -0.460 e. The SMILES string of the molecule is Clc1ccc(-c2ccc(CNCc3cccs3)o2)c(Cl)c1. The van der Waals surface area contributed by atoms with Gasteiger partial charge in [-0.15, -0.1) is 11.3 Å². The van der Waals surface area contributed by atoms with E-state index in [-0.39, 0.29) is 0 Å². The summed E-state index contributed by atoms with van der Waals surface area (Å²) in [5.41, 5.74) is 0.852. The highest BCUT2D eigenvalue weighted by atomic mass is 35.5. The Bertz CT molecular complexity index is 722. The Morgan fingerprint density at radius 3 is 2.71 bits per heavy atom. The quantitative estimate of drug-likeness (QED) is 0.655. The molecule has 0 bridgehead atoms. The van der Waals surface area contributed by atoms with Gasteiger partial charge in [-0.05, 0) is 41.8 Å². The second-order valence-electron chi connectivity index (χ2n) is 4.57. The summed E-state index contributed by atoms with van der Waals surface area (Å²) >= 11 is 13.8. The largest absolute Gasteiger partial charge is 0.460 e. The monoisotopic (exact) mass is 337 g/mol. The second kappa shape index (κ2) is 6.67. The fourth-order valence-electron chi connectivity index (χ4n) is 2.03. The zero-order valence-electron chi connectivity index (χ0n) is 11.1. The maximum Gasteiger partial charge on any atom is 0.135 e. The van der Waals surface area contributed by atoms with E-state index in [4.69, 9.17) is 27.6 Å². The third kappa shape index (κ3) is 3.69. The van der Waals surface area contributed by atoms with E-state index >= 15 is 0 Å². The van der Waals surface area contributed by atoms with Crippen LogP contribution >= 0.6 is 34.5 Å². The van der Waals surface area contributed by atoms with E-state index in [0.29, 0.717) is 16.6 Å².